The van der Waals surface area contributed by atoms with E-state index in [-0.39, 0.29) is 11.4 Å². The Bertz CT molecular complexity index is 815. The first-order chi connectivity index (χ1) is 13.4. The van der Waals surface area contributed by atoms with Gasteiger partial charge in [-0.15, -0.1) is 0 Å². The lowest BCUT2D eigenvalue weighted by Gasteiger charge is -2.16. The molecule has 1 amide bonds. The van der Waals surface area contributed by atoms with Gasteiger partial charge >= 0.3 is 12.6 Å². The Labute approximate surface area is 160 Å². The normalized spacial score (nSPS) is 11.5. The first kappa shape index (κ1) is 20.9. The number of esters is 1. The number of methoxy groups -OCH3 is 1. The quantitative estimate of drug-likeness (QED) is 0.657. The number of benzene rings is 2. The van der Waals surface area contributed by atoms with Gasteiger partial charge in [-0.2, -0.15) is 8.78 Å². The molecule has 0 aliphatic heterocycles. The third-order valence-corrected chi connectivity index (χ3v) is 3.45. The van der Waals surface area contributed by atoms with Crippen LogP contribution in [-0.4, -0.2) is 38.3 Å². The molecule has 150 valence electrons. The van der Waals surface area contributed by atoms with Crippen LogP contribution in [0.5, 0.6) is 17.2 Å². The highest BCUT2D eigenvalue weighted by Crippen LogP contribution is 2.26. The van der Waals surface area contributed by atoms with Crippen LogP contribution in [0.15, 0.2) is 48.5 Å². The fourth-order valence-electron chi connectivity index (χ4n) is 2.16. The maximum Gasteiger partial charge on any atom is 0.387 e. The lowest BCUT2D eigenvalue weighted by atomic mass is 10.2. The molecule has 2 rings (SSSR count). The van der Waals surface area contributed by atoms with Gasteiger partial charge in [0.05, 0.1) is 12.8 Å². The van der Waals surface area contributed by atoms with Crippen LogP contribution < -0.4 is 19.5 Å². The highest BCUT2D eigenvalue weighted by Gasteiger charge is 2.20. The molecule has 0 saturated heterocycles. The first-order valence-electron chi connectivity index (χ1n) is 8.20. The summed E-state index contributed by atoms with van der Waals surface area (Å²) in [5.74, 6) is -0.917. The molecule has 7 nitrogen and oxygen atoms in total. The molecule has 0 aromatic heterocycles. The summed E-state index contributed by atoms with van der Waals surface area (Å²) in [4.78, 5) is 24.1. The van der Waals surface area contributed by atoms with Crippen LogP contribution in [0.4, 0.5) is 14.5 Å². The number of hydrogen-bond acceptors (Lipinski definition) is 6. The largest absolute Gasteiger partial charge is 0.493 e. The molecule has 0 radical (unpaired) electrons. The van der Waals surface area contributed by atoms with Gasteiger partial charge in [-0.05, 0) is 31.2 Å². The number of alkyl halides is 2. The molecule has 0 spiro atoms. The van der Waals surface area contributed by atoms with Crippen LogP contribution in [-0.2, 0) is 14.3 Å². The molecule has 1 N–H and O–H groups in total. The Morgan fingerprint density at radius 1 is 1.00 bits per heavy atom. The number of para-hydroxylation sites is 4. The lowest BCUT2D eigenvalue weighted by molar-refractivity contribution is -0.155. The molecule has 28 heavy (non-hydrogen) atoms. The number of carbonyl (C=O) groups is 2. The first-order valence-corrected chi connectivity index (χ1v) is 8.20. The van der Waals surface area contributed by atoms with Crippen molar-refractivity contribution in [1.82, 2.24) is 0 Å². The number of anilines is 1. The van der Waals surface area contributed by atoms with Crippen molar-refractivity contribution in [2.75, 3.05) is 19.0 Å². The van der Waals surface area contributed by atoms with E-state index in [0.717, 1.165) is 0 Å². The summed E-state index contributed by atoms with van der Waals surface area (Å²) >= 11 is 0. The molecule has 2 aromatic rings. The van der Waals surface area contributed by atoms with Crippen molar-refractivity contribution in [3.8, 4) is 17.2 Å². The van der Waals surface area contributed by atoms with E-state index < -0.39 is 31.2 Å². The zero-order chi connectivity index (χ0) is 20.5. The second kappa shape index (κ2) is 10.1. The monoisotopic (exact) mass is 395 g/mol. The Balaban J connectivity index is 1.89. The number of hydrogen-bond donors (Lipinski definition) is 1. The number of halogens is 2. The van der Waals surface area contributed by atoms with Gasteiger partial charge in [0.25, 0.3) is 5.91 Å². The third kappa shape index (κ3) is 6.11. The third-order valence-electron chi connectivity index (χ3n) is 3.45. The number of carbonyl (C=O) groups excluding carboxylic acids is 2. The van der Waals surface area contributed by atoms with E-state index in [0.29, 0.717) is 11.5 Å². The summed E-state index contributed by atoms with van der Waals surface area (Å²) in [6.45, 7) is -2.14. The van der Waals surface area contributed by atoms with Crippen LogP contribution in [0.25, 0.3) is 0 Å². The van der Waals surface area contributed by atoms with Gasteiger partial charge in [0.15, 0.2) is 24.2 Å². The van der Waals surface area contributed by atoms with Crippen LogP contribution in [0.2, 0.25) is 0 Å². The summed E-state index contributed by atoms with van der Waals surface area (Å²) in [7, 11) is 1.46. The van der Waals surface area contributed by atoms with E-state index in [1.54, 1.807) is 24.3 Å². The molecule has 2 aromatic carbocycles. The Morgan fingerprint density at radius 3 is 2.25 bits per heavy atom. The average Bonchev–Trinajstić information content (AvgIpc) is 2.67. The van der Waals surface area contributed by atoms with Crippen molar-refractivity contribution in [3.63, 3.8) is 0 Å². The van der Waals surface area contributed by atoms with Gasteiger partial charge in [0, 0.05) is 0 Å². The summed E-state index contributed by atoms with van der Waals surface area (Å²) in [6.07, 6.45) is -1.19. The average molecular weight is 395 g/mol. The Kier molecular flexibility index (Phi) is 7.55. The highest BCUT2D eigenvalue weighted by molar-refractivity contribution is 5.96. The molecule has 0 saturated carbocycles. The zero-order valence-electron chi connectivity index (χ0n) is 15.2. The Morgan fingerprint density at radius 2 is 1.61 bits per heavy atom. The smallest absolute Gasteiger partial charge is 0.387 e. The zero-order valence-corrected chi connectivity index (χ0v) is 15.2. The Hall–Kier alpha value is -3.36. The van der Waals surface area contributed by atoms with Crippen molar-refractivity contribution < 1.29 is 37.3 Å². The summed E-state index contributed by atoms with van der Waals surface area (Å²) in [5, 5.41) is 2.38. The van der Waals surface area contributed by atoms with E-state index in [1.165, 1.54) is 38.3 Å². The molecular formula is C19H19F2NO6. The van der Waals surface area contributed by atoms with E-state index >= 15 is 0 Å². The molecule has 0 bridgehead atoms. The molecule has 0 aliphatic carbocycles. The maximum atomic E-state index is 12.4. The summed E-state index contributed by atoms with van der Waals surface area (Å²) in [5.41, 5.74) is 0.0287. The molecule has 1 unspecified atom stereocenters. The minimum atomic E-state index is -3.04. The van der Waals surface area contributed by atoms with Gasteiger partial charge in [0.2, 0.25) is 0 Å². The predicted octanol–water partition coefficient (Wildman–Crippen LogP) is 3.25. The van der Waals surface area contributed by atoms with Crippen molar-refractivity contribution in [1.29, 1.82) is 0 Å². The molecule has 0 aliphatic rings. The SMILES string of the molecule is COc1ccccc1OCC(=O)OC(C)C(=O)Nc1ccccc1OC(F)F. The van der Waals surface area contributed by atoms with Gasteiger partial charge < -0.3 is 24.3 Å². The lowest BCUT2D eigenvalue weighted by Crippen LogP contribution is -2.31. The van der Waals surface area contributed by atoms with Gasteiger partial charge in [-0.1, -0.05) is 24.3 Å². The number of rotatable bonds is 9. The van der Waals surface area contributed by atoms with Crippen LogP contribution in [0.1, 0.15) is 6.92 Å². The van der Waals surface area contributed by atoms with Crippen molar-refractivity contribution in [2.24, 2.45) is 0 Å². The molecule has 9 heteroatoms. The molecule has 1 atom stereocenters. The minimum Gasteiger partial charge on any atom is -0.493 e. The van der Waals surface area contributed by atoms with E-state index in [2.05, 4.69) is 10.1 Å². The van der Waals surface area contributed by atoms with Gasteiger partial charge in [-0.3, -0.25) is 4.79 Å². The maximum absolute atomic E-state index is 12.4. The molecular weight excluding hydrogens is 376 g/mol. The second-order valence-electron chi connectivity index (χ2n) is 5.44. The summed E-state index contributed by atoms with van der Waals surface area (Å²) in [6, 6.07) is 12.4. The van der Waals surface area contributed by atoms with E-state index in [9.17, 15) is 18.4 Å². The molecule has 0 fully saturated rings. The van der Waals surface area contributed by atoms with Crippen LogP contribution in [0, 0.1) is 0 Å². The second-order valence-corrected chi connectivity index (χ2v) is 5.44. The van der Waals surface area contributed by atoms with Crippen LogP contribution >= 0.6 is 0 Å². The van der Waals surface area contributed by atoms with E-state index in [1.807, 2.05) is 0 Å². The van der Waals surface area contributed by atoms with Crippen LogP contribution in [0.3, 0.4) is 0 Å². The van der Waals surface area contributed by atoms with Crippen molar-refractivity contribution in [3.05, 3.63) is 48.5 Å². The van der Waals surface area contributed by atoms with Gasteiger partial charge in [-0.25, -0.2) is 4.79 Å². The molecule has 0 heterocycles. The number of nitrogens with one attached hydrogen (secondary N) is 1. The predicted molar refractivity (Wildman–Crippen MR) is 95.7 cm³/mol. The minimum absolute atomic E-state index is 0.0287. The topological polar surface area (TPSA) is 83.1 Å². The number of amides is 1. The fourth-order valence-corrected chi connectivity index (χ4v) is 2.16. The van der Waals surface area contributed by atoms with Crippen molar-refractivity contribution in [2.45, 2.75) is 19.6 Å². The fraction of sp³-hybridized carbons (Fsp3) is 0.263. The highest BCUT2D eigenvalue weighted by atomic mass is 19.3. The van der Waals surface area contributed by atoms with Crippen molar-refractivity contribution >= 4 is 17.6 Å². The van der Waals surface area contributed by atoms with E-state index in [4.69, 9.17) is 14.2 Å². The number of ether oxygens (including phenoxy) is 4. The summed E-state index contributed by atoms with van der Waals surface area (Å²) < 4.78 is 44.6. The standard InChI is InChI=1S/C19H19F2NO6/c1-12(18(24)22-13-7-3-4-8-14(13)28-19(20)21)27-17(23)11-26-16-10-6-5-9-15(16)25-2/h3-10,12,19H,11H2,1-2H3,(H,22,24). The van der Waals surface area contributed by atoms with Gasteiger partial charge in [0.1, 0.15) is 5.75 Å².